The van der Waals surface area contributed by atoms with E-state index in [1.165, 1.54) is 0 Å². The highest BCUT2D eigenvalue weighted by Crippen LogP contribution is 2.23. The molecular formula is C15H31N3O2. The van der Waals surface area contributed by atoms with E-state index < -0.39 is 0 Å². The van der Waals surface area contributed by atoms with Gasteiger partial charge in [-0.15, -0.1) is 0 Å². The fourth-order valence-electron chi connectivity index (χ4n) is 3.60. The Bertz CT molecular complexity index is 286. The second-order valence-corrected chi connectivity index (χ2v) is 6.55. The Morgan fingerprint density at radius 1 is 1.40 bits per heavy atom. The molecule has 5 heteroatoms. The molecule has 2 fully saturated rings. The molecule has 2 aliphatic rings. The van der Waals surface area contributed by atoms with E-state index in [1.807, 2.05) is 0 Å². The van der Waals surface area contributed by atoms with E-state index in [9.17, 15) is 5.11 Å². The number of ether oxygens (including phenoxy) is 1. The molecule has 0 aromatic carbocycles. The van der Waals surface area contributed by atoms with Crippen molar-refractivity contribution in [2.75, 3.05) is 53.5 Å². The fourth-order valence-corrected chi connectivity index (χ4v) is 3.60. The van der Waals surface area contributed by atoms with Crippen molar-refractivity contribution in [3.8, 4) is 0 Å². The first-order chi connectivity index (χ1) is 9.60. The van der Waals surface area contributed by atoms with Crippen LogP contribution in [0.2, 0.25) is 0 Å². The molecule has 20 heavy (non-hydrogen) atoms. The molecule has 2 rings (SSSR count). The lowest BCUT2D eigenvalue weighted by Crippen LogP contribution is -2.49. The van der Waals surface area contributed by atoms with Gasteiger partial charge < -0.3 is 20.1 Å². The summed E-state index contributed by atoms with van der Waals surface area (Å²) >= 11 is 0. The first-order valence-electron chi connectivity index (χ1n) is 7.98. The molecule has 4 unspecified atom stereocenters. The number of hydrogen-bond acceptors (Lipinski definition) is 5. The highest BCUT2D eigenvalue weighted by atomic mass is 16.5. The summed E-state index contributed by atoms with van der Waals surface area (Å²) in [6.07, 6.45) is 1.84. The number of likely N-dealkylation sites (tertiary alicyclic amines) is 1. The SMILES string of the molecule is CCNC1CCOCC1CN1CC(O)CC1CN(C)C. The maximum Gasteiger partial charge on any atom is 0.0682 e. The molecule has 0 radical (unpaired) electrons. The maximum atomic E-state index is 9.97. The number of aliphatic hydroxyl groups excluding tert-OH is 1. The van der Waals surface area contributed by atoms with Gasteiger partial charge >= 0.3 is 0 Å². The minimum absolute atomic E-state index is 0.165. The van der Waals surface area contributed by atoms with Crippen molar-refractivity contribution in [3.05, 3.63) is 0 Å². The molecule has 0 amide bonds. The predicted octanol–water partition coefficient (Wildman–Crippen LogP) is -0.00220. The number of rotatable bonds is 6. The van der Waals surface area contributed by atoms with Gasteiger partial charge in [-0.1, -0.05) is 6.92 Å². The summed E-state index contributed by atoms with van der Waals surface area (Å²) in [5.74, 6) is 0.540. The van der Waals surface area contributed by atoms with Crippen molar-refractivity contribution in [2.45, 2.75) is 38.0 Å². The third kappa shape index (κ3) is 4.40. The van der Waals surface area contributed by atoms with Crippen LogP contribution in [0.25, 0.3) is 0 Å². The van der Waals surface area contributed by atoms with Crippen LogP contribution < -0.4 is 5.32 Å². The number of nitrogens with zero attached hydrogens (tertiary/aromatic N) is 2. The molecule has 2 N–H and O–H groups in total. The summed E-state index contributed by atoms with van der Waals surface area (Å²) in [5.41, 5.74) is 0. The standard InChI is InChI=1S/C15H31N3O2/c1-4-16-15-5-6-20-11-12(15)8-18-10-14(19)7-13(18)9-17(2)3/h12-16,19H,4-11H2,1-3H3. The molecule has 0 aromatic rings. The molecular weight excluding hydrogens is 254 g/mol. The monoisotopic (exact) mass is 285 g/mol. The van der Waals surface area contributed by atoms with Crippen LogP contribution in [0.15, 0.2) is 0 Å². The number of aliphatic hydroxyl groups is 1. The quantitative estimate of drug-likeness (QED) is 0.719. The topological polar surface area (TPSA) is 48.0 Å². The molecule has 0 bridgehead atoms. The molecule has 2 heterocycles. The molecule has 0 spiro atoms. The third-order valence-corrected chi connectivity index (χ3v) is 4.49. The third-order valence-electron chi connectivity index (χ3n) is 4.49. The Morgan fingerprint density at radius 3 is 2.90 bits per heavy atom. The van der Waals surface area contributed by atoms with E-state index in [1.54, 1.807) is 0 Å². The second kappa shape index (κ2) is 7.71. The largest absolute Gasteiger partial charge is 0.392 e. The maximum absolute atomic E-state index is 9.97. The van der Waals surface area contributed by atoms with E-state index in [4.69, 9.17) is 4.74 Å². The average molecular weight is 285 g/mol. The van der Waals surface area contributed by atoms with Gasteiger partial charge in [0, 0.05) is 44.2 Å². The van der Waals surface area contributed by atoms with Gasteiger partial charge in [-0.3, -0.25) is 4.90 Å². The molecule has 0 aromatic heterocycles. The molecule has 2 saturated heterocycles. The van der Waals surface area contributed by atoms with Gasteiger partial charge in [-0.25, -0.2) is 0 Å². The Labute approximate surface area is 123 Å². The summed E-state index contributed by atoms with van der Waals surface area (Å²) in [5, 5.41) is 13.6. The van der Waals surface area contributed by atoms with Gasteiger partial charge in [0.2, 0.25) is 0 Å². The Kier molecular flexibility index (Phi) is 6.23. The lowest BCUT2D eigenvalue weighted by molar-refractivity contribution is 0.0128. The lowest BCUT2D eigenvalue weighted by atomic mass is 9.94. The summed E-state index contributed by atoms with van der Waals surface area (Å²) in [6.45, 7) is 7.78. The predicted molar refractivity (Wildman–Crippen MR) is 80.9 cm³/mol. The van der Waals surface area contributed by atoms with Gasteiger partial charge in [0.25, 0.3) is 0 Å². The van der Waals surface area contributed by atoms with Gasteiger partial charge in [-0.05, 0) is 33.5 Å². The first kappa shape index (κ1) is 16.2. The van der Waals surface area contributed by atoms with Crippen LogP contribution in [-0.2, 0) is 4.74 Å². The highest BCUT2D eigenvalue weighted by Gasteiger charge is 2.35. The average Bonchev–Trinajstić information content (AvgIpc) is 2.71. The van der Waals surface area contributed by atoms with E-state index in [0.29, 0.717) is 18.0 Å². The molecule has 0 aliphatic carbocycles. The fraction of sp³-hybridized carbons (Fsp3) is 1.00. The Balaban J connectivity index is 1.91. The zero-order chi connectivity index (χ0) is 14.5. The van der Waals surface area contributed by atoms with Crippen molar-refractivity contribution in [3.63, 3.8) is 0 Å². The second-order valence-electron chi connectivity index (χ2n) is 6.55. The zero-order valence-electron chi connectivity index (χ0n) is 13.2. The van der Waals surface area contributed by atoms with E-state index >= 15 is 0 Å². The van der Waals surface area contributed by atoms with Gasteiger partial charge in [0.15, 0.2) is 0 Å². The van der Waals surface area contributed by atoms with Crippen LogP contribution in [0.4, 0.5) is 0 Å². The molecule has 2 aliphatic heterocycles. The van der Waals surface area contributed by atoms with Crippen LogP contribution in [0.5, 0.6) is 0 Å². The van der Waals surface area contributed by atoms with Crippen molar-refractivity contribution in [1.82, 2.24) is 15.1 Å². The van der Waals surface area contributed by atoms with E-state index in [0.717, 1.165) is 52.2 Å². The molecule has 0 saturated carbocycles. The van der Waals surface area contributed by atoms with Gasteiger partial charge in [0.1, 0.15) is 0 Å². The Morgan fingerprint density at radius 2 is 2.20 bits per heavy atom. The van der Waals surface area contributed by atoms with Crippen molar-refractivity contribution in [2.24, 2.45) is 5.92 Å². The van der Waals surface area contributed by atoms with Crippen molar-refractivity contribution < 1.29 is 9.84 Å². The van der Waals surface area contributed by atoms with Crippen LogP contribution >= 0.6 is 0 Å². The van der Waals surface area contributed by atoms with Crippen LogP contribution in [-0.4, -0.2) is 86.6 Å². The van der Waals surface area contributed by atoms with Crippen LogP contribution in [0, 0.1) is 5.92 Å². The van der Waals surface area contributed by atoms with Crippen LogP contribution in [0.1, 0.15) is 19.8 Å². The summed E-state index contributed by atoms with van der Waals surface area (Å²) in [4.78, 5) is 4.68. The lowest BCUT2D eigenvalue weighted by Gasteiger charge is -2.37. The first-order valence-corrected chi connectivity index (χ1v) is 7.98. The Hall–Kier alpha value is -0.200. The van der Waals surface area contributed by atoms with Gasteiger partial charge in [0.05, 0.1) is 12.7 Å². The smallest absolute Gasteiger partial charge is 0.0682 e. The summed E-state index contributed by atoms with van der Waals surface area (Å²) in [6, 6.07) is 1.04. The number of likely N-dealkylation sites (N-methyl/N-ethyl adjacent to an activating group) is 1. The van der Waals surface area contributed by atoms with Crippen LogP contribution in [0.3, 0.4) is 0 Å². The van der Waals surface area contributed by atoms with Crippen molar-refractivity contribution in [1.29, 1.82) is 0 Å². The number of hydrogen-bond donors (Lipinski definition) is 2. The summed E-state index contributed by atoms with van der Waals surface area (Å²) < 4.78 is 5.67. The highest BCUT2D eigenvalue weighted by molar-refractivity contribution is 4.90. The minimum atomic E-state index is -0.165. The normalized spacial score (nSPS) is 35.9. The van der Waals surface area contributed by atoms with E-state index in [2.05, 4.69) is 36.1 Å². The molecule has 5 nitrogen and oxygen atoms in total. The van der Waals surface area contributed by atoms with Crippen molar-refractivity contribution >= 4 is 0 Å². The zero-order valence-corrected chi connectivity index (χ0v) is 13.2. The molecule has 4 atom stereocenters. The van der Waals surface area contributed by atoms with E-state index in [-0.39, 0.29) is 6.10 Å². The summed E-state index contributed by atoms with van der Waals surface area (Å²) in [7, 11) is 4.21. The molecule has 118 valence electrons. The van der Waals surface area contributed by atoms with Gasteiger partial charge in [-0.2, -0.15) is 0 Å². The number of nitrogens with one attached hydrogen (secondary N) is 1. The number of β-amino-alcohol motifs (C(OH)–C–C–N with tert-alkyl or cyclic N) is 1. The minimum Gasteiger partial charge on any atom is -0.392 e.